The molecule has 0 spiro atoms. The summed E-state index contributed by atoms with van der Waals surface area (Å²) in [6, 6.07) is -0.0267. The summed E-state index contributed by atoms with van der Waals surface area (Å²) in [4.78, 5) is 14.1. The number of hydrogen-bond acceptors (Lipinski definition) is 3. The molecule has 2 rings (SSSR count). The molecule has 1 fully saturated rings. The minimum absolute atomic E-state index is 0.0267. The van der Waals surface area contributed by atoms with E-state index >= 15 is 0 Å². The molecule has 1 aromatic heterocycles. The summed E-state index contributed by atoms with van der Waals surface area (Å²) < 4.78 is 3.08. The van der Waals surface area contributed by atoms with Crippen molar-refractivity contribution in [2.75, 3.05) is 13.1 Å². The normalized spacial score (nSPS) is 20.6. The van der Waals surface area contributed by atoms with E-state index < -0.39 is 0 Å². The maximum atomic E-state index is 11.9. The first-order valence-corrected chi connectivity index (χ1v) is 7.61. The molecule has 0 radical (unpaired) electrons. The Balaban J connectivity index is 2.22. The molecular formula is C13H21BrN4O. The minimum Gasteiger partial charge on any atom is -0.353 e. The molecule has 0 bridgehead atoms. The van der Waals surface area contributed by atoms with Crippen LogP contribution in [0.25, 0.3) is 0 Å². The van der Waals surface area contributed by atoms with Crippen LogP contribution in [-0.2, 0) is 17.9 Å². The highest BCUT2D eigenvalue weighted by Crippen LogP contribution is 2.24. The Bertz CT molecular complexity index is 471. The molecule has 2 heterocycles. The predicted octanol–water partition coefficient (Wildman–Crippen LogP) is 1.68. The van der Waals surface area contributed by atoms with Crippen LogP contribution in [0.2, 0.25) is 0 Å². The fraction of sp³-hybridized carbons (Fsp3) is 0.692. The summed E-state index contributed by atoms with van der Waals surface area (Å²) in [6.45, 7) is 9.37. The van der Waals surface area contributed by atoms with Gasteiger partial charge in [-0.2, -0.15) is 5.10 Å². The highest BCUT2D eigenvalue weighted by Gasteiger charge is 2.29. The second kappa shape index (κ2) is 6.05. The standard InChI is InChI=1S/C13H21BrN4O/c1-4-10-13(19)15-6-7-17(10)8-11-12(14)9(3)16-18(11)5-2/h10H,4-8H2,1-3H3,(H,15,19). The van der Waals surface area contributed by atoms with Crippen molar-refractivity contribution in [2.45, 2.75) is 46.3 Å². The summed E-state index contributed by atoms with van der Waals surface area (Å²) >= 11 is 3.62. The van der Waals surface area contributed by atoms with Gasteiger partial charge in [-0.25, -0.2) is 0 Å². The van der Waals surface area contributed by atoms with Crippen LogP contribution in [0.3, 0.4) is 0 Å². The lowest BCUT2D eigenvalue weighted by molar-refractivity contribution is -0.129. The number of nitrogens with one attached hydrogen (secondary N) is 1. The molecule has 1 aliphatic rings. The Morgan fingerprint density at radius 1 is 1.47 bits per heavy atom. The molecular weight excluding hydrogens is 308 g/mol. The zero-order valence-corrected chi connectivity index (χ0v) is 13.3. The van der Waals surface area contributed by atoms with Gasteiger partial charge in [0, 0.05) is 26.2 Å². The molecule has 0 saturated carbocycles. The molecule has 106 valence electrons. The van der Waals surface area contributed by atoms with Gasteiger partial charge in [-0.3, -0.25) is 14.4 Å². The number of aromatic nitrogens is 2. The van der Waals surface area contributed by atoms with Gasteiger partial charge >= 0.3 is 0 Å². The van der Waals surface area contributed by atoms with E-state index in [1.165, 1.54) is 0 Å². The minimum atomic E-state index is -0.0267. The van der Waals surface area contributed by atoms with Crippen molar-refractivity contribution in [2.24, 2.45) is 0 Å². The van der Waals surface area contributed by atoms with E-state index in [-0.39, 0.29) is 11.9 Å². The summed E-state index contributed by atoms with van der Waals surface area (Å²) in [5, 5.41) is 7.44. The summed E-state index contributed by atoms with van der Waals surface area (Å²) in [6.07, 6.45) is 0.836. The Kier molecular flexibility index (Phi) is 4.62. The van der Waals surface area contributed by atoms with Crippen LogP contribution in [0.15, 0.2) is 4.47 Å². The van der Waals surface area contributed by atoms with Gasteiger partial charge < -0.3 is 5.32 Å². The molecule has 1 saturated heterocycles. The average molecular weight is 329 g/mol. The first kappa shape index (κ1) is 14.5. The molecule has 1 amide bonds. The second-order valence-corrected chi connectivity index (χ2v) is 5.64. The summed E-state index contributed by atoms with van der Waals surface area (Å²) in [5.74, 6) is 0.143. The van der Waals surface area contributed by atoms with Crippen molar-refractivity contribution in [3.05, 3.63) is 15.9 Å². The van der Waals surface area contributed by atoms with Crippen LogP contribution in [0.1, 0.15) is 31.7 Å². The largest absolute Gasteiger partial charge is 0.353 e. The van der Waals surface area contributed by atoms with Crippen molar-refractivity contribution in [1.29, 1.82) is 0 Å². The monoisotopic (exact) mass is 328 g/mol. The lowest BCUT2D eigenvalue weighted by atomic mass is 10.1. The maximum absolute atomic E-state index is 11.9. The fourth-order valence-corrected chi connectivity index (χ4v) is 3.02. The summed E-state index contributed by atoms with van der Waals surface area (Å²) in [7, 11) is 0. The third-order valence-electron chi connectivity index (χ3n) is 3.63. The van der Waals surface area contributed by atoms with Gasteiger partial charge in [-0.05, 0) is 36.2 Å². The van der Waals surface area contributed by atoms with Crippen molar-refractivity contribution >= 4 is 21.8 Å². The van der Waals surface area contributed by atoms with Crippen LogP contribution in [0, 0.1) is 6.92 Å². The second-order valence-electron chi connectivity index (χ2n) is 4.85. The first-order chi connectivity index (χ1) is 9.08. The highest BCUT2D eigenvalue weighted by atomic mass is 79.9. The molecule has 1 aliphatic heterocycles. The molecule has 1 aromatic rings. The van der Waals surface area contributed by atoms with Crippen molar-refractivity contribution in [3.8, 4) is 0 Å². The van der Waals surface area contributed by atoms with Crippen LogP contribution in [-0.4, -0.2) is 39.7 Å². The maximum Gasteiger partial charge on any atom is 0.237 e. The molecule has 0 aromatic carbocycles. The van der Waals surface area contributed by atoms with Crippen molar-refractivity contribution in [3.63, 3.8) is 0 Å². The van der Waals surface area contributed by atoms with E-state index in [1.54, 1.807) is 0 Å². The van der Waals surface area contributed by atoms with Gasteiger partial charge in [-0.1, -0.05) is 6.92 Å². The molecule has 19 heavy (non-hydrogen) atoms. The molecule has 1 unspecified atom stereocenters. The fourth-order valence-electron chi connectivity index (χ4n) is 2.61. The van der Waals surface area contributed by atoms with Gasteiger partial charge in [0.15, 0.2) is 0 Å². The number of rotatable bonds is 4. The van der Waals surface area contributed by atoms with Gasteiger partial charge in [0.1, 0.15) is 0 Å². The van der Waals surface area contributed by atoms with Gasteiger partial charge in [0.25, 0.3) is 0 Å². The highest BCUT2D eigenvalue weighted by molar-refractivity contribution is 9.10. The zero-order valence-electron chi connectivity index (χ0n) is 11.7. The number of hydrogen-bond donors (Lipinski definition) is 1. The number of piperazine rings is 1. The van der Waals surface area contributed by atoms with E-state index in [0.717, 1.165) is 48.5 Å². The van der Waals surface area contributed by atoms with E-state index in [9.17, 15) is 4.79 Å². The number of carbonyl (C=O) groups is 1. The number of amides is 1. The molecule has 1 atom stereocenters. The molecule has 5 nitrogen and oxygen atoms in total. The Hall–Kier alpha value is -0.880. The SMILES string of the molecule is CCC1C(=O)NCCN1Cc1c(Br)c(C)nn1CC. The lowest BCUT2D eigenvalue weighted by Gasteiger charge is -2.34. The van der Waals surface area contributed by atoms with Crippen molar-refractivity contribution < 1.29 is 4.79 Å². The molecule has 6 heteroatoms. The van der Waals surface area contributed by atoms with E-state index in [1.807, 2.05) is 11.6 Å². The van der Waals surface area contributed by atoms with Crippen LogP contribution < -0.4 is 5.32 Å². The van der Waals surface area contributed by atoms with Gasteiger partial charge in [0.2, 0.25) is 5.91 Å². The van der Waals surface area contributed by atoms with Crippen LogP contribution >= 0.6 is 15.9 Å². The van der Waals surface area contributed by atoms with E-state index in [2.05, 4.69) is 45.1 Å². The Morgan fingerprint density at radius 3 is 2.84 bits per heavy atom. The number of halogens is 1. The summed E-state index contributed by atoms with van der Waals surface area (Å²) in [5.41, 5.74) is 2.17. The lowest BCUT2D eigenvalue weighted by Crippen LogP contribution is -2.54. The zero-order chi connectivity index (χ0) is 14.0. The average Bonchev–Trinajstić information content (AvgIpc) is 2.67. The third-order valence-corrected chi connectivity index (χ3v) is 4.67. The van der Waals surface area contributed by atoms with E-state index in [0.29, 0.717) is 0 Å². The smallest absolute Gasteiger partial charge is 0.237 e. The third kappa shape index (κ3) is 2.84. The van der Waals surface area contributed by atoms with Gasteiger partial charge in [0.05, 0.1) is 21.9 Å². The van der Waals surface area contributed by atoms with Crippen molar-refractivity contribution in [1.82, 2.24) is 20.0 Å². The number of aryl methyl sites for hydroxylation is 2. The number of carbonyl (C=O) groups excluding carboxylic acids is 1. The van der Waals surface area contributed by atoms with Crippen LogP contribution in [0.5, 0.6) is 0 Å². The molecule has 1 N–H and O–H groups in total. The predicted molar refractivity (Wildman–Crippen MR) is 77.8 cm³/mol. The first-order valence-electron chi connectivity index (χ1n) is 6.82. The Labute approximate surface area is 122 Å². The Morgan fingerprint density at radius 2 is 2.21 bits per heavy atom. The topological polar surface area (TPSA) is 50.2 Å². The number of nitrogens with zero attached hydrogens (tertiary/aromatic N) is 3. The van der Waals surface area contributed by atoms with Crippen LogP contribution in [0.4, 0.5) is 0 Å². The quantitative estimate of drug-likeness (QED) is 0.914. The van der Waals surface area contributed by atoms with Gasteiger partial charge in [-0.15, -0.1) is 0 Å². The van der Waals surface area contributed by atoms with E-state index in [4.69, 9.17) is 0 Å². The molecule has 0 aliphatic carbocycles.